The SMILES string of the molecule is CC(=O)N1c2ccc(-c3cnn(CCN4CCCCC4)c3)cc2[C@H](NC(=O)O)C[C@@H]1C.Cl. The highest BCUT2D eigenvalue weighted by Crippen LogP contribution is 2.39. The number of carboxylic acid groups (broad SMARTS) is 1. The van der Waals surface area contributed by atoms with E-state index in [4.69, 9.17) is 0 Å². The Morgan fingerprint density at radius 2 is 1.91 bits per heavy atom. The second-order valence-electron chi connectivity index (χ2n) is 8.64. The molecule has 2 aliphatic heterocycles. The molecule has 2 aliphatic rings. The van der Waals surface area contributed by atoms with Crippen LogP contribution in [0, 0.1) is 0 Å². The van der Waals surface area contributed by atoms with Crippen LogP contribution in [-0.4, -0.2) is 57.5 Å². The molecule has 1 saturated heterocycles. The number of hydrogen-bond donors (Lipinski definition) is 2. The fourth-order valence-electron chi connectivity index (χ4n) is 4.87. The van der Waals surface area contributed by atoms with Crippen LogP contribution in [0.2, 0.25) is 0 Å². The molecule has 3 heterocycles. The molecule has 1 aromatic carbocycles. The van der Waals surface area contributed by atoms with Crippen LogP contribution in [0.5, 0.6) is 0 Å². The summed E-state index contributed by atoms with van der Waals surface area (Å²) in [6.45, 7) is 7.68. The molecule has 32 heavy (non-hydrogen) atoms. The Bertz CT molecular complexity index is 957. The lowest BCUT2D eigenvalue weighted by atomic mass is 9.89. The number of aromatic nitrogens is 2. The molecular formula is C23H32ClN5O3. The lowest BCUT2D eigenvalue weighted by molar-refractivity contribution is -0.117. The first-order valence-electron chi connectivity index (χ1n) is 11.1. The Kier molecular flexibility index (Phi) is 7.79. The molecule has 0 bridgehead atoms. The molecule has 2 N–H and O–H groups in total. The monoisotopic (exact) mass is 461 g/mol. The predicted molar refractivity (Wildman–Crippen MR) is 126 cm³/mol. The van der Waals surface area contributed by atoms with E-state index in [2.05, 4.69) is 15.3 Å². The summed E-state index contributed by atoms with van der Waals surface area (Å²) in [4.78, 5) is 27.8. The third-order valence-corrected chi connectivity index (χ3v) is 6.38. The smallest absolute Gasteiger partial charge is 0.405 e. The number of fused-ring (bicyclic) bond motifs is 1. The van der Waals surface area contributed by atoms with Crippen molar-refractivity contribution in [3.8, 4) is 11.1 Å². The van der Waals surface area contributed by atoms with Gasteiger partial charge in [-0.05, 0) is 62.5 Å². The summed E-state index contributed by atoms with van der Waals surface area (Å²) in [6.07, 6.45) is 7.26. The number of piperidine rings is 1. The topological polar surface area (TPSA) is 90.7 Å². The minimum absolute atomic E-state index is 0. The molecule has 2 atom stereocenters. The molecule has 0 radical (unpaired) electrons. The van der Waals surface area contributed by atoms with Gasteiger partial charge in [0.05, 0.1) is 18.8 Å². The fraction of sp³-hybridized carbons (Fsp3) is 0.522. The van der Waals surface area contributed by atoms with Crippen molar-refractivity contribution in [2.24, 2.45) is 0 Å². The molecule has 1 aromatic heterocycles. The van der Waals surface area contributed by atoms with Gasteiger partial charge in [0.25, 0.3) is 0 Å². The van der Waals surface area contributed by atoms with Crippen molar-refractivity contribution < 1.29 is 14.7 Å². The number of hydrogen-bond acceptors (Lipinski definition) is 4. The van der Waals surface area contributed by atoms with E-state index < -0.39 is 6.09 Å². The molecule has 1 fully saturated rings. The van der Waals surface area contributed by atoms with Crippen molar-refractivity contribution in [1.82, 2.24) is 20.0 Å². The van der Waals surface area contributed by atoms with E-state index >= 15 is 0 Å². The predicted octanol–water partition coefficient (Wildman–Crippen LogP) is 3.91. The molecule has 0 aliphatic carbocycles. The summed E-state index contributed by atoms with van der Waals surface area (Å²) in [5, 5.41) is 16.4. The largest absolute Gasteiger partial charge is 0.465 e. The Morgan fingerprint density at radius 1 is 1.16 bits per heavy atom. The van der Waals surface area contributed by atoms with E-state index in [1.165, 1.54) is 32.4 Å². The van der Waals surface area contributed by atoms with E-state index in [1.54, 1.807) is 11.8 Å². The number of rotatable bonds is 5. The van der Waals surface area contributed by atoms with Crippen LogP contribution in [0.15, 0.2) is 30.6 Å². The number of halogens is 1. The molecular weight excluding hydrogens is 430 g/mol. The van der Waals surface area contributed by atoms with Crippen molar-refractivity contribution in [1.29, 1.82) is 0 Å². The normalized spacial score (nSPS) is 20.9. The van der Waals surface area contributed by atoms with Crippen molar-refractivity contribution >= 4 is 30.1 Å². The highest BCUT2D eigenvalue weighted by atomic mass is 35.5. The van der Waals surface area contributed by atoms with Gasteiger partial charge in [-0.2, -0.15) is 5.10 Å². The molecule has 0 saturated carbocycles. The maximum absolute atomic E-state index is 12.2. The summed E-state index contributed by atoms with van der Waals surface area (Å²) in [5.74, 6) is -0.0409. The second-order valence-corrected chi connectivity index (χ2v) is 8.64. The van der Waals surface area contributed by atoms with Gasteiger partial charge in [0, 0.05) is 37.0 Å². The zero-order chi connectivity index (χ0) is 22.0. The average Bonchev–Trinajstić information content (AvgIpc) is 3.21. The number of carbonyl (C=O) groups excluding carboxylic acids is 1. The van der Waals surface area contributed by atoms with Crippen molar-refractivity contribution in [2.45, 2.75) is 58.2 Å². The van der Waals surface area contributed by atoms with Crippen molar-refractivity contribution in [3.05, 3.63) is 36.2 Å². The lowest BCUT2D eigenvalue weighted by Gasteiger charge is -2.39. The second kappa shape index (κ2) is 10.4. The van der Waals surface area contributed by atoms with Gasteiger partial charge in [0.15, 0.2) is 0 Å². The molecule has 0 spiro atoms. The quantitative estimate of drug-likeness (QED) is 0.704. The van der Waals surface area contributed by atoms with E-state index in [0.717, 1.165) is 35.5 Å². The van der Waals surface area contributed by atoms with Gasteiger partial charge in [0.2, 0.25) is 5.91 Å². The van der Waals surface area contributed by atoms with Crippen LogP contribution in [0.1, 0.15) is 51.1 Å². The number of amides is 2. The molecule has 2 amide bonds. The molecule has 0 unspecified atom stereocenters. The maximum Gasteiger partial charge on any atom is 0.405 e. The number of benzene rings is 1. The number of carbonyl (C=O) groups is 2. The van der Waals surface area contributed by atoms with Crippen molar-refractivity contribution in [2.75, 3.05) is 24.5 Å². The first kappa shape index (κ1) is 24.1. The number of anilines is 1. The molecule has 2 aromatic rings. The first-order valence-corrected chi connectivity index (χ1v) is 11.1. The first-order chi connectivity index (χ1) is 14.9. The van der Waals surface area contributed by atoms with Crippen LogP contribution in [0.3, 0.4) is 0 Å². The Labute approximate surface area is 195 Å². The number of nitrogens with one attached hydrogen (secondary N) is 1. The van der Waals surface area contributed by atoms with Gasteiger partial charge in [-0.1, -0.05) is 12.5 Å². The third-order valence-electron chi connectivity index (χ3n) is 6.38. The van der Waals surface area contributed by atoms with E-state index in [9.17, 15) is 14.7 Å². The van der Waals surface area contributed by atoms with E-state index in [1.807, 2.05) is 42.2 Å². The van der Waals surface area contributed by atoms with Gasteiger partial charge in [0.1, 0.15) is 0 Å². The summed E-state index contributed by atoms with van der Waals surface area (Å²) < 4.78 is 1.97. The average molecular weight is 462 g/mol. The van der Waals surface area contributed by atoms with E-state index in [-0.39, 0.29) is 30.4 Å². The lowest BCUT2D eigenvalue weighted by Crippen LogP contribution is -2.45. The Hall–Kier alpha value is -2.58. The van der Waals surface area contributed by atoms with Crippen LogP contribution in [0.25, 0.3) is 11.1 Å². The van der Waals surface area contributed by atoms with Crippen molar-refractivity contribution in [3.63, 3.8) is 0 Å². The zero-order valence-corrected chi connectivity index (χ0v) is 19.5. The van der Waals surface area contributed by atoms with Gasteiger partial charge in [-0.3, -0.25) is 9.48 Å². The summed E-state index contributed by atoms with van der Waals surface area (Å²) in [6, 6.07) is 5.46. The zero-order valence-electron chi connectivity index (χ0n) is 18.7. The molecule has 174 valence electrons. The summed E-state index contributed by atoms with van der Waals surface area (Å²) in [7, 11) is 0. The Balaban J connectivity index is 0.00000289. The van der Waals surface area contributed by atoms with Gasteiger partial charge < -0.3 is 20.2 Å². The third kappa shape index (κ3) is 5.24. The molecule has 9 heteroatoms. The highest BCUT2D eigenvalue weighted by molar-refractivity contribution is 5.94. The van der Waals surface area contributed by atoms with Gasteiger partial charge >= 0.3 is 6.09 Å². The minimum atomic E-state index is -1.06. The van der Waals surface area contributed by atoms with Crippen LogP contribution in [-0.2, 0) is 11.3 Å². The van der Waals surface area contributed by atoms with Crippen LogP contribution in [0.4, 0.5) is 10.5 Å². The van der Waals surface area contributed by atoms with Crippen LogP contribution >= 0.6 is 12.4 Å². The number of nitrogens with zero attached hydrogens (tertiary/aromatic N) is 4. The minimum Gasteiger partial charge on any atom is -0.465 e. The summed E-state index contributed by atoms with van der Waals surface area (Å²) in [5.41, 5.74) is 3.56. The Morgan fingerprint density at radius 3 is 2.59 bits per heavy atom. The van der Waals surface area contributed by atoms with Crippen LogP contribution < -0.4 is 10.2 Å². The highest BCUT2D eigenvalue weighted by Gasteiger charge is 2.33. The van der Waals surface area contributed by atoms with E-state index in [0.29, 0.717) is 6.42 Å². The number of likely N-dealkylation sites (tertiary alicyclic amines) is 1. The maximum atomic E-state index is 12.2. The summed E-state index contributed by atoms with van der Waals surface area (Å²) >= 11 is 0. The van der Waals surface area contributed by atoms with Gasteiger partial charge in [-0.25, -0.2) is 4.79 Å². The fourth-order valence-corrected chi connectivity index (χ4v) is 4.87. The molecule has 8 nitrogen and oxygen atoms in total. The molecule has 4 rings (SSSR count). The van der Waals surface area contributed by atoms with Gasteiger partial charge in [-0.15, -0.1) is 12.4 Å². The standard InChI is InChI=1S/C23H31N5O3.ClH/c1-16-12-21(25-23(30)31)20-13-18(6-7-22(20)28(16)17(2)29)19-14-24-27(15-19)11-10-26-8-4-3-5-9-26;/h6-7,13-16,21,25H,3-5,8-12H2,1-2H3,(H,30,31);1H/t16-,21+;/m0./s1.